The number of alkyl halides is 3. The van der Waals surface area contributed by atoms with E-state index in [4.69, 9.17) is 55.1 Å². The van der Waals surface area contributed by atoms with E-state index in [9.17, 15) is 31.2 Å². The lowest BCUT2D eigenvalue weighted by atomic mass is 10.1. The Bertz CT molecular complexity index is 1400. The molecule has 2 rings (SSSR count). The standard InChI is InChI=1S/C17H20Cl2N6O5S.C2HF3O2/c1-8-3-6-12(24-31(28,29)13-7-10(18)4-5-11(13)19)16(27)25(8)14(15(20)26)9(2)30-23-17(21)22;3-2(4,5)1(6)7/h3-7,9,14,24H,1-2H3,(H2,20,26)(H4,21,22,23);(H,6,7). The predicted molar refractivity (Wildman–Crippen MR) is 131 cm³/mol. The molecule has 1 amide bonds. The van der Waals surface area contributed by atoms with E-state index in [0.29, 0.717) is 5.69 Å². The Morgan fingerprint density at radius 3 is 2.18 bits per heavy atom. The molecule has 13 nitrogen and oxygen atoms in total. The maximum Gasteiger partial charge on any atom is 0.490 e. The van der Waals surface area contributed by atoms with Gasteiger partial charge in [-0.25, -0.2) is 13.2 Å². The number of anilines is 1. The number of aromatic nitrogens is 1. The van der Waals surface area contributed by atoms with Crippen molar-refractivity contribution in [2.45, 2.75) is 37.1 Å². The number of hydrogen-bond donors (Lipinski definition) is 5. The molecule has 0 fully saturated rings. The summed E-state index contributed by atoms with van der Waals surface area (Å²) in [5.41, 5.74) is 15.0. The van der Waals surface area contributed by atoms with Crippen molar-refractivity contribution in [2.75, 3.05) is 4.72 Å². The van der Waals surface area contributed by atoms with E-state index in [1.54, 1.807) is 0 Å². The first-order chi connectivity index (χ1) is 17.3. The summed E-state index contributed by atoms with van der Waals surface area (Å²) in [6.07, 6.45) is -6.15. The molecule has 1 aromatic carbocycles. The van der Waals surface area contributed by atoms with Crippen LogP contribution in [-0.2, 0) is 24.4 Å². The fourth-order valence-corrected chi connectivity index (χ4v) is 4.54. The van der Waals surface area contributed by atoms with Crippen LogP contribution < -0.4 is 27.5 Å². The molecule has 8 N–H and O–H groups in total. The highest BCUT2D eigenvalue weighted by molar-refractivity contribution is 7.92. The summed E-state index contributed by atoms with van der Waals surface area (Å²) in [5, 5.41) is 10.5. The minimum atomic E-state index is -5.08. The Hall–Kier alpha value is -3.70. The highest BCUT2D eigenvalue weighted by Gasteiger charge is 2.38. The molecule has 2 aromatic rings. The van der Waals surface area contributed by atoms with Crippen LogP contribution in [0.2, 0.25) is 10.0 Å². The van der Waals surface area contributed by atoms with E-state index in [1.807, 2.05) is 0 Å². The second-order valence-corrected chi connectivity index (χ2v) is 9.72. The molecule has 1 aromatic heterocycles. The molecule has 2 unspecified atom stereocenters. The molecule has 0 aliphatic rings. The molecule has 38 heavy (non-hydrogen) atoms. The fraction of sp³-hybridized carbons (Fsp3) is 0.263. The van der Waals surface area contributed by atoms with Gasteiger partial charge in [-0.1, -0.05) is 23.2 Å². The number of nitrogens with one attached hydrogen (secondary N) is 1. The molecule has 0 saturated heterocycles. The van der Waals surface area contributed by atoms with Gasteiger partial charge in [0.2, 0.25) is 11.9 Å². The maximum atomic E-state index is 13.1. The van der Waals surface area contributed by atoms with Crippen molar-refractivity contribution in [1.82, 2.24) is 4.57 Å². The van der Waals surface area contributed by atoms with Gasteiger partial charge in [0.15, 0.2) is 12.1 Å². The van der Waals surface area contributed by atoms with Gasteiger partial charge >= 0.3 is 12.1 Å². The van der Waals surface area contributed by atoms with Crippen molar-refractivity contribution < 1.29 is 41.1 Å². The van der Waals surface area contributed by atoms with E-state index in [-0.39, 0.29) is 20.6 Å². The Labute approximate surface area is 223 Å². The molecule has 0 bridgehead atoms. The third-order valence-electron chi connectivity index (χ3n) is 4.33. The van der Waals surface area contributed by atoms with Crippen LogP contribution in [0.4, 0.5) is 18.9 Å². The van der Waals surface area contributed by atoms with E-state index in [1.165, 1.54) is 38.1 Å². The quantitative estimate of drug-likeness (QED) is 0.167. The SMILES string of the molecule is Cc1ccc(NS(=O)(=O)c2cc(Cl)ccc2Cl)c(=O)n1C(C(N)=O)C(C)ON=C(N)N.O=C(O)C(F)(F)F. The number of primary amides is 1. The van der Waals surface area contributed by atoms with Crippen LogP contribution in [0.3, 0.4) is 0 Å². The van der Waals surface area contributed by atoms with Crippen molar-refractivity contribution in [3.05, 3.63) is 56.4 Å². The van der Waals surface area contributed by atoms with Crippen LogP contribution in [0.25, 0.3) is 0 Å². The number of benzene rings is 1. The first-order valence-corrected chi connectivity index (χ1v) is 12.1. The summed E-state index contributed by atoms with van der Waals surface area (Å²) in [6, 6.07) is 5.16. The van der Waals surface area contributed by atoms with Crippen molar-refractivity contribution in [3.63, 3.8) is 0 Å². The number of guanidine groups is 1. The monoisotopic (exact) mass is 604 g/mol. The highest BCUT2D eigenvalue weighted by atomic mass is 35.5. The Morgan fingerprint density at radius 1 is 1.16 bits per heavy atom. The minimum Gasteiger partial charge on any atom is -0.475 e. The fourth-order valence-electron chi connectivity index (χ4n) is 2.72. The third-order valence-corrected chi connectivity index (χ3v) is 6.41. The van der Waals surface area contributed by atoms with Gasteiger partial charge in [0.05, 0.1) is 5.02 Å². The first kappa shape index (κ1) is 32.3. The summed E-state index contributed by atoms with van der Waals surface area (Å²) in [6.45, 7) is 2.94. The van der Waals surface area contributed by atoms with Gasteiger partial charge in [-0.3, -0.25) is 18.9 Å². The van der Waals surface area contributed by atoms with Gasteiger partial charge in [0.25, 0.3) is 15.6 Å². The number of carbonyl (C=O) groups is 2. The summed E-state index contributed by atoms with van der Waals surface area (Å²) in [7, 11) is -4.29. The molecule has 210 valence electrons. The van der Waals surface area contributed by atoms with Crippen molar-refractivity contribution in [1.29, 1.82) is 0 Å². The summed E-state index contributed by atoms with van der Waals surface area (Å²) >= 11 is 11.8. The van der Waals surface area contributed by atoms with Crippen molar-refractivity contribution in [3.8, 4) is 0 Å². The summed E-state index contributed by atoms with van der Waals surface area (Å²) in [4.78, 5) is 38.8. The van der Waals surface area contributed by atoms with Crippen LogP contribution in [0, 0.1) is 6.92 Å². The molecular formula is C19H21Cl2F3N6O7S. The lowest BCUT2D eigenvalue weighted by Crippen LogP contribution is -2.42. The largest absolute Gasteiger partial charge is 0.490 e. The number of carboxylic acids is 1. The number of amides is 1. The molecule has 0 saturated carbocycles. The minimum absolute atomic E-state index is 0.0985. The number of halogens is 5. The van der Waals surface area contributed by atoms with Crippen LogP contribution in [0.1, 0.15) is 18.7 Å². The van der Waals surface area contributed by atoms with Crippen LogP contribution in [0.15, 0.2) is 45.2 Å². The van der Waals surface area contributed by atoms with E-state index in [0.717, 1.165) is 10.6 Å². The zero-order valence-corrected chi connectivity index (χ0v) is 21.7. The summed E-state index contributed by atoms with van der Waals surface area (Å²) < 4.78 is 60.4. The Kier molecular flexibility index (Phi) is 10.8. The normalized spacial score (nSPS) is 12.8. The van der Waals surface area contributed by atoms with Crippen molar-refractivity contribution >= 4 is 56.7 Å². The predicted octanol–water partition coefficient (Wildman–Crippen LogP) is 1.52. The number of carboxylic acid groups (broad SMARTS) is 1. The first-order valence-electron chi connectivity index (χ1n) is 9.83. The van der Waals surface area contributed by atoms with E-state index >= 15 is 0 Å². The van der Waals surface area contributed by atoms with E-state index < -0.39 is 51.7 Å². The third kappa shape index (κ3) is 8.70. The molecule has 0 aliphatic carbocycles. The van der Waals surface area contributed by atoms with Crippen LogP contribution >= 0.6 is 23.2 Å². The molecule has 0 spiro atoms. The lowest BCUT2D eigenvalue weighted by Gasteiger charge is -2.24. The number of nitrogens with two attached hydrogens (primary N) is 3. The number of aliphatic carboxylic acids is 1. The number of carbonyl (C=O) groups excluding carboxylic acids is 1. The zero-order chi connectivity index (χ0) is 29.6. The van der Waals surface area contributed by atoms with Crippen LogP contribution in [0.5, 0.6) is 0 Å². The number of oxime groups is 1. The van der Waals surface area contributed by atoms with Gasteiger partial charge in [-0.2, -0.15) is 13.2 Å². The Morgan fingerprint density at radius 2 is 1.71 bits per heavy atom. The Balaban J connectivity index is 0.000000905. The summed E-state index contributed by atoms with van der Waals surface area (Å²) in [5.74, 6) is -4.09. The highest BCUT2D eigenvalue weighted by Crippen LogP contribution is 2.26. The number of rotatable bonds is 8. The second kappa shape index (κ2) is 12.7. The lowest BCUT2D eigenvalue weighted by molar-refractivity contribution is -0.192. The maximum absolute atomic E-state index is 13.1. The number of aryl methyl sites for hydroxylation is 1. The van der Waals surface area contributed by atoms with Crippen LogP contribution in [-0.4, -0.2) is 48.2 Å². The van der Waals surface area contributed by atoms with Crippen molar-refractivity contribution in [2.24, 2.45) is 22.4 Å². The topological polar surface area (TPSA) is 222 Å². The van der Waals surface area contributed by atoms with Gasteiger partial charge < -0.3 is 27.1 Å². The molecule has 19 heteroatoms. The van der Waals surface area contributed by atoms with Gasteiger partial charge in [0, 0.05) is 10.7 Å². The average molecular weight is 605 g/mol. The second-order valence-electron chi connectivity index (χ2n) is 7.22. The van der Waals surface area contributed by atoms with Gasteiger partial charge in [-0.05, 0) is 49.3 Å². The van der Waals surface area contributed by atoms with Gasteiger partial charge in [-0.15, -0.1) is 0 Å². The molecule has 0 radical (unpaired) electrons. The smallest absolute Gasteiger partial charge is 0.475 e. The average Bonchev–Trinajstić information content (AvgIpc) is 2.77. The number of pyridine rings is 1. The van der Waals surface area contributed by atoms with Gasteiger partial charge in [0.1, 0.15) is 10.6 Å². The molecular weight excluding hydrogens is 584 g/mol. The molecule has 1 heterocycles. The zero-order valence-electron chi connectivity index (χ0n) is 19.4. The number of hydrogen-bond acceptors (Lipinski definition) is 7. The number of sulfonamides is 1. The van der Waals surface area contributed by atoms with E-state index in [2.05, 4.69) is 9.88 Å². The number of nitrogens with zero attached hydrogens (tertiary/aromatic N) is 2. The molecule has 0 aliphatic heterocycles. The molecule has 2 atom stereocenters.